The van der Waals surface area contributed by atoms with Crippen LogP contribution in [0.2, 0.25) is 0 Å². The van der Waals surface area contributed by atoms with Crippen LogP contribution in [0.15, 0.2) is 59.5 Å². The van der Waals surface area contributed by atoms with Crippen LogP contribution in [0.1, 0.15) is 38.9 Å². The number of benzene rings is 3. The lowest BCUT2D eigenvalue weighted by molar-refractivity contribution is -0.117. The monoisotopic (exact) mass is 464 g/mol. The number of carbonyl (C=O) groups excluding carboxylic acids is 1. The van der Waals surface area contributed by atoms with Gasteiger partial charge in [0.25, 0.3) is 0 Å². The summed E-state index contributed by atoms with van der Waals surface area (Å²) in [6.07, 6.45) is 0.236. The third-order valence-corrected chi connectivity index (χ3v) is 7.47. The van der Waals surface area contributed by atoms with Crippen molar-refractivity contribution in [3.05, 3.63) is 93.5 Å². The number of amides is 1. The maximum Gasteiger partial charge on any atom is 0.242 e. The van der Waals surface area contributed by atoms with Crippen LogP contribution in [0.4, 0.5) is 5.69 Å². The number of rotatable bonds is 7. The van der Waals surface area contributed by atoms with Crippen LogP contribution in [0.25, 0.3) is 0 Å². The summed E-state index contributed by atoms with van der Waals surface area (Å²) in [6, 6.07) is 16.1. The fraction of sp³-hybridized carbons (Fsp3) is 0.296. The van der Waals surface area contributed by atoms with Gasteiger partial charge < -0.3 is 5.32 Å². The molecular formula is C27H32N2O3S. The van der Waals surface area contributed by atoms with E-state index in [1.807, 2.05) is 82.3 Å². The topological polar surface area (TPSA) is 75.3 Å². The lowest BCUT2D eigenvalue weighted by atomic mass is 10.0. The Kier molecular flexibility index (Phi) is 7.40. The van der Waals surface area contributed by atoms with Gasteiger partial charge in [0, 0.05) is 5.69 Å². The third kappa shape index (κ3) is 5.89. The highest BCUT2D eigenvalue weighted by molar-refractivity contribution is 7.89. The predicted molar refractivity (Wildman–Crippen MR) is 134 cm³/mol. The van der Waals surface area contributed by atoms with E-state index in [2.05, 4.69) is 10.0 Å². The zero-order valence-electron chi connectivity index (χ0n) is 20.1. The Hall–Kier alpha value is -2.96. The molecule has 3 aromatic rings. The van der Waals surface area contributed by atoms with E-state index in [1.165, 1.54) is 0 Å². The fourth-order valence-corrected chi connectivity index (χ4v) is 6.11. The van der Waals surface area contributed by atoms with E-state index >= 15 is 0 Å². The highest BCUT2D eigenvalue weighted by Gasteiger charge is 2.29. The summed E-state index contributed by atoms with van der Waals surface area (Å²) < 4.78 is 29.5. The summed E-state index contributed by atoms with van der Waals surface area (Å²) in [4.78, 5) is 13.6. The fourth-order valence-electron chi connectivity index (χ4n) is 4.46. The van der Waals surface area contributed by atoms with Crippen molar-refractivity contribution in [2.45, 2.75) is 58.9 Å². The summed E-state index contributed by atoms with van der Waals surface area (Å²) in [5.41, 5.74) is 6.87. The maximum absolute atomic E-state index is 13.4. The van der Waals surface area contributed by atoms with Gasteiger partial charge in [0.1, 0.15) is 6.04 Å². The molecule has 2 N–H and O–H groups in total. The Labute approximate surface area is 197 Å². The third-order valence-electron chi connectivity index (χ3n) is 5.70. The van der Waals surface area contributed by atoms with E-state index in [9.17, 15) is 13.2 Å². The van der Waals surface area contributed by atoms with E-state index in [0.29, 0.717) is 16.8 Å². The second-order valence-electron chi connectivity index (χ2n) is 8.85. The minimum absolute atomic E-state index is 0.224. The van der Waals surface area contributed by atoms with Crippen molar-refractivity contribution in [1.82, 2.24) is 4.72 Å². The van der Waals surface area contributed by atoms with Gasteiger partial charge in [-0.15, -0.1) is 0 Å². The van der Waals surface area contributed by atoms with Crippen LogP contribution in [0.5, 0.6) is 0 Å². The van der Waals surface area contributed by atoms with Crippen molar-refractivity contribution in [2.75, 3.05) is 5.32 Å². The Morgan fingerprint density at radius 3 is 1.79 bits per heavy atom. The molecule has 174 valence electrons. The first kappa shape index (κ1) is 24.7. The molecule has 1 atom stereocenters. The zero-order valence-corrected chi connectivity index (χ0v) is 20.9. The predicted octanol–water partition coefficient (Wildman–Crippen LogP) is 5.07. The average Bonchev–Trinajstić information content (AvgIpc) is 2.69. The molecule has 0 fully saturated rings. The Morgan fingerprint density at radius 2 is 1.27 bits per heavy atom. The van der Waals surface area contributed by atoms with Gasteiger partial charge in [-0.2, -0.15) is 4.72 Å². The number of hydrogen-bond donors (Lipinski definition) is 2. The molecule has 0 bridgehead atoms. The van der Waals surface area contributed by atoms with Gasteiger partial charge >= 0.3 is 0 Å². The van der Waals surface area contributed by atoms with Gasteiger partial charge in [-0.25, -0.2) is 8.42 Å². The number of sulfonamides is 1. The number of hydrogen-bond acceptors (Lipinski definition) is 3. The highest BCUT2D eigenvalue weighted by Crippen LogP contribution is 2.24. The molecule has 0 heterocycles. The summed E-state index contributed by atoms with van der Waals surface area (Å²) in [5, 5.41) is 2.97. The van der Waals surface area contributed by atoms with Crippen LogP contribution in [0, 0.1) is 41.5 Å². The minimum Gasteiger partial charge on any atom is -0.324 e. The van der Waals surface area contributed by atoms with E-state index in [1.54, 1.807) is 13.8 Å². The van der Waals surface area contributed by atoms with E-state index in [4.69, 9.17) is 0 Å². The van der Waals surface area contributed by atoms with Crippen molar-refractivity contribution >= 4 is 21.6 Å². The molecule has 0 radical (unpaired) electrons. The van der Waals surface area contributed by atoms with Crippen molar-refractivity contribution in [3.8, 4) is 0 Å². The average molecular weight is 465 g/mol. The number of nitrogens with one attached hydrogen (secondary N) is 2. The van der Waals surface area contributed by atoms with Gasteiger partial charge in [0.15, 0.2) is 0 Å². The van der Waals surface area contributed by atoms with E-state index in [0.717, 1.165) is 27.8 Å². The molecule has 0 saturated heterocycles. The molecule has 3 rings (SSSR count). The van der Waals surface area contributed by atoms with Crippen molar-refractivity contribution in [3.63, 3.8) is 0 Å². The van der Waals surface area contributed by atoms with Crippen LogP contribution in [-0.4, -0.2) is 20.4 Å². The number of anilines is 1. The Morgan fingerprint density at radius 1 is 0.788 bits per heavy atom. The molecule has 0 aliphatic carbocycles. The molecule has 0 aliphatic heterocycles. The van der Waals surface area contributed by atoms with E-state index < -0.39 is 16.1 Å². The standard InChI is InChI=1S/C27H32N2O3S/c1-17-12-19(3)25(20(4)13-17)28-27(30)24(16-23-10-8-7-9-11-23)29-33(31,32)26-21(5)14-18(2)15-22(26)6/h7-15,24,29H,16H2,1-6H3,(H,28,30)/t24-/m1/s1. The Bertz CT molecular complexity index is 1240. The molecular weight excluding hydrogens is 432 g/mol. The molecule has 5 nitrogen and oxygen atoms in total. The molecule has 0 unspecified atom stereocenters. The van der Waals surface area contributed by atoms with Crippen molar-refractivity contribution in [2.24, 2.45) is 0 Å². The smallest absolute Gasteiger partial charge is 0.242 e. The SMILES string of the molecule is Cc1cc(C)c(NC(=O)[C@@H](Cc2ccccc2)NS(=O)(=O)c2c(C)cc(C)cc2C)c(C)c1. The van der Waals surface area contributed by atoms with Crippen LogP contribution >= 0.6 is 0 Å². The highest BCUT2D eigenvalue weighted by atomic mass is 32.2. The van der Waals surface area contributed by atoms with E-state index in [-0.39, 0.29) is 17.2 Å². The quantitative estimate of drug-likeness (QED) is 0.513. The van der Waals surface area contributed by atoms with Gasteiger partial charge in [0.05, 0.1) is 4.90 Å². The van der Waals surface area contributed by atoms with Crippen LogP contribution < -0.4 is 10.0 Å². The summed E-state index contributed by atoms with van der Waals surface area (Å²) in [7, 11) is -3.93. The second kappa shape index (κ2) is 9.89. The lowest BCUT2D eigenvalue weighted by Crippen LogP contribution is -2.45. The van der Waals surface area contributed by atoms with Crippen molar-refractivity contribution in [1.29, 1.82) is 0 Å². The minimum atomic E-state index is -3.93. The molecule has 3 aromatic carbocycles. The molecule has 1 amide bonds. The first-order valence-electron chi connectivity index (χ1n) is 11.0. The first-order chi connectivity index (χ1) is 15.5. The van der Waals surface area contributed by atoms with Gasteiger partial charge in [0.2, 0.25) is 15.9 Å². The zero-order chi connectivity index (χ0) is 24.3. The van der Waals surface area contributed by atoms with Gasteiger partial charge in [-0.1, -0.05) is 65.7 Å². The largest absolute Gasteiger partial charge is 0.324 e. The van der Waals surface area contributed by atoms with Gasteiger partial charge in [-0.3, -0.25) is 4.79 Å². The van der Waals surface area contributed by atoms with Crippen molar-refractivity contribution < 1.29 is 13.2 Å². The molecule has 0 aromatic heterocycles. The second-order valence-corrected chi connectivity index (χ2v) is 10.5. The summed E-state index contributed by atoms with van der Waals surface area (Å²) in [5.74, 6) is -0.389. The van der Waals surface area contributed by atoms with Gasteiger partial charge in [-0.05, 0) is 75.8 Å². The maximum atomic E-state index is 13.4. The number of carbonyl (C=O) groups is 1. The summed E-state index contributed by atoms with van der Waals surface area (Å²) >= 11 is 0. The molecule has 0 aliphatic rings. The molecule has 6 heteroatoms. The van der Waals surface area contributed by atoms with Crippen LogP contribution in [-0.2, 0) is 21.2 Å². The molecule has 33 heavy (non-hydrogen) atoms. The summed E-state index contributed by atoms with van der Waals surface area (Å²) in [6.45, 7) is 11.4. The molecule has 0 saturated carbocycles. The molecule has 0 spiro atoms. The number of aryl methyl sites for hydroxylation is 6. The lowest BCUT2D eigenvalue weighted by Gasteiger charge is -2.22. The Balaban J connectivity index is 1.97. The first-order valence-corrected chi connectivity index (χ1v) is 12.5. The normalized spacial score (nSPS) is 12.4. The van der Waals surface area contributed by atoms with Crippen LogP contribution in [0.3, 0.4) is 0 Å².